The molecule has 0 unspecified atom stereocenters. The molecule has 0 amide bonds. The van der Waals surface area contributed by atoms with E-state index in [1.54, 1.807) is 18.3 Å². The smallest absolute Gasteiger partial charge is 0.141 e. The molecule has 1 aromatic heterocycles. The Morgan fingerprint density at radius 1 is 1.13 bits per heavy atom. The normalized spacial score (nSPS) is 9.87. The SMILES string of the molecule is [B]c1cc(OCc2ccccc2)ccn1. The summed E-state index contributed by atoms with van der Waals surface area (Å²) in [6.45, 7) is 0.546. The summed E-state index contributed by atoms with van der Waals surface area (Å²) in [5.41, 5.74) is 1.61. The van der Waals surface area contributed by atoms with Crippen LogP contribution in [0, 0.1) is 0 Å². The molecule has 0 fully saturated rings. The molecule has 1 heterocycles. The molecule has 2 rings (SSSR count). The van der Waals surface area contributed by atoms with Crippen molar-refractivity contribution in [1.29, 1.82) is 0 Å². The number of aromatic nitrogens is 1. The summed E-state index contributed by atoms with van der Waals surface area (Å²) in [7, 11) is 5.54. The summed E-state index contributed by atoms with van der Waals surface area (Å²) in [4.78, 5) is 3.89. The van der Waals surface area contributed by atoms with Crippen LogP contribution in [0.2, 0.25) is 0 Å². The molecule has 3 heteroatoms. The zero-order chi connectivity index (χ0) is 10.5. The van der Waals surface area contributed by atoms with Gasteiger partial charge in [0.15, 0.2) is 0 Å². The Morgan fingerprint density at radius 3 is 2.67 bits per heavy atom. The number of hydrogen-bond acceptors (Lipinski definition) is 2. The van der Waals surface area contributed by atoms with Crippen molar-refractivity contribution in [3.05, 3.63) is 54.2 Å². The highest BCUT2D eigenvalue weighted by molar-refractivity contribution is 6.30. The van der Waals surface area contributed by atoms with Crippen molar-refractivity contribution in [1.82, 2.24) is 4.98 Å². The molecular weight excluding hydrogens is 185 g/mol. The summed E-state index contributed by atoms with van der Waals surface area (Å²) < 4.78 is 5.55. The van der Waals surface area contributed by atoms with E-state index in [0.717, 1.165) is 11.3 Å². The molecule has 0 bridgehead atoms. The first-order valence-corrected chi connectivity index (χ1v) is 4.73. The fourth-order valence-electron chi connectivity index (χ4n) is 1.26. The van der Waals surface area contributed by atoms with Gasteiger partial charge in [-0.25, -0.2) is 0 Å². The van der Waals surface area contributed by atoms with Crippen LogP contribution in [0.15, 0.2) is 48.7 Å². The second-order valence-corrected chi connectivity index (χ2v) is 3.19. The van der Waals surface area contributed by atoms with Gasteiger partial charge in [0.1, 0.15) is 20.2 Å². The van der Waals surface area contributed by atoms with Gasteiger partial charge in [0.2, 0.25) is 0 Å². The molecule has 2 aromatic rings. The molecule has 2 radical (unpaired) electrons. The lowest BCUT2D eigenvalue weighted by Crippen LogP contribution is -2.07. The molecule has 0 spiro atoms. The van der Waals surface area contributed by atoms with Crippen molar-refractivity contribution in [2.45, 2.75) is 6.61 Å². The van der Waals surface area contributed by atoms with Gasteiger partial charge in [-0.1, -0.05) is 30.3 Å². The Labute approximate surface area is 90.3 Å². The largest absolute Gasteiger partial charge is 0.489 e. The van der Waals surface area contributed by atoms with Crippen LogP contribution in [0.3, 0.4) is 0 Å². The lowest BCUT2D eigenvalue weighted by atomic mass is 10.0. The summed E-state index contributed by atoms with van der Waals surface area (Å²) in [6, 6.07) is 13.5. The predicted molar refractivity (Wildman–Crippen MR) is 60.4 cm³/mol. The summed E-state index contributed by atoms with van der Waals surface area (Å²) in [5.74, 6) is 0.742. The third-order valence-corrected chi connectivity index (χ3v) is 2.00. The van der Waals surface area contributed by atoms with Crippen molar-refractivity contribution in [3.8, 4) is 5.75 Å². The lowest BCUT2D eigenvalue weighted by molar-refractivity contribution is 0.306. The van der Waals surface area contributed by atoms with E-state index < -0.39 is 0 Å². The van der Waals surface area contributed by atoms with Crippen LogP contribution < -0.4 is 10.3 Å². The highest BCUT2D eigenvalue weighted by atomic mass is 16.5. The van der Waals surface area contributed by atoms with Crippen molar-refractivity contribution < 1.29 is 4.74 Å². The van der Waals surface area contributed by atoms with Crippen LogP contribution in [0.1, 0.15) is 5.56 Å². The molecule has 0 N–H and O–H groups in total. The monoisotopic (exact) mass is 195 g/mol. The quantitative estimate of drug-likeness (QED) is 0.691. The Morgan fingerprint density at radius 2 is 1.93 bits per heavy atom. The van der Waals surface area contributed by atoms with E-state index in [2.05, 4.69) is 4.98 Å². The molecule has 15 heavy (non-hydrogen) atoms. The van der Waals surface area contributed by atoms with Gasteiger partial charge in [0, 0.05) is 6.20 Å². The number of hydrogen-bond donors (Lipinski definition) is 0. The van der Waals surface area contributed by atoms with E-state index in [1.807, 2.05) is 30.3 Å². The van der Waals surface area contributed by atoms with Crippen molar-refractivity contribution in [2.24, 2.45) is 0 Å². The minimum Gasteiger partial charge on any atom is -0.489 e. The third-order valence-electron chi connectivity index (χ3n) is 2.00. The Kier molecular flexibility index (Phi) is 3.03. The summed E-state index contributed by atoms with van der Waals surface area (Å²) in [6.07, 6.45) is 1.63. The molecule has 1 aromatic carbocycles. The Bertz CT molecular complexity index is 431. The van der Waals surface area contributed by atoms with Crippen molar-refractivity contribution in [3.63, 3.8) is 0 Å². The summed E-state index contributed by atoms with van der Waals surface area (Å²) in [5, 5.41) is 0. The molecule has 0 aliphatic heterocycles. The minimum atomic E-state index is 0.473. The molecule has 0 saturated carbocycles. The number of pyridine rings is 1. The fourth-order valence-corrected chi connectivity index (χ4v) is 1.26. The van der Waals surface area contributed by atoms with Gasteiger partial charge in [-0.15, -0.1) is 0 Å². The van der Waals surface area contributed by atoms with Crippen LogP contribution in [0.4, 0.5) is 0 Å². The van der Waals surface area contributed by atoms with Gasteiger partial charge in [-0.3, -0.25) is 4.98 Å². The van der Waals surface area contributed by atoms with Gasteiger partial charge in [0.05, 0.1) is 0 Å². The van der Waals surface area contributed by atoms with Crippen LogP contribution in [0.25, 0.3) is 0 Å². The molecule has 0 saturated heterocycles. The average molecular weight is 195 g/mol. The maximum atomic E-state index is 5.55. The number of rotatable bonds is 3. The second-order valence-electron chi connectivity index (χ2n) is 3.19. The third kappa shape index (κ3) is 2.84. The maximum absolute atomic E-state index is 5.55. The van der Waals surface area contributed by atoms with Crippen molar-refractivity contribution in [2.75, 3.05) is 0 Å². The van der Waals surface area contributed by atoms with E-state index in [4.69, 9.17) is 12.6 Å². The molecular formula is C12H10BNO. The molecule has 2 nitrogen and oxygen atoms in total. The first kappa shape index (κ1) is 9.78. The van der Waals surface area contributed by atoms with Crippen LogP contribution >= 0.6 is 0 Å². The molecule has 0 aliphatic carbocycles. The lowest BCUT2D eigenvalue weighted by Gasteiger charge is -2.06. The van der Waals surface area contributed by atoms with Crippen LogP contribution in [0.5, 0.6) is 5.75 Å². The van der Waals surface area contributed by atoms with E-state index in [1.165, 1.54) is 0 Å². The topological polar surface area (TPSA) is 22.1 Å². The standard InChI is InChI=1S/C12H10BNO/c13-12-8-11(6-7-14-12)15-9-10-4-2-1-3-5-10/h1-8H,9H2. The average Bonchev–Trinajstić information content (AvgIpc) is 2.28. The predicted octanol–water partition coefficient (Wildman–Crippen LogP) is 1.45. The van der Waals surface area contributed by atoms with Crippen LogP contribution in [-0.4, -0.2) is 12.8 Å². The fraction of sp³-hybridized carbons (Fsp3) is 0.0833. The maximum Gasteiger partial charge on any atom is 0.141 e. The molecule has 72 valence electrons. The van der Waals surface area contributed by atoms with E-state index in [0.29, 0.717) is 12.2 Å². The highest BCUT2D eigenvalue weighted by Gasteiger charge is 1.95. The van der Waals surface area contributed by atoms with Crippen molar-refractivity contribution >= 4 is 13.4 Å². The van der Waals surface area contributed by atoms with E-state index in [-0.39, 0.29) is 0 Å². The van der Waals surface area contributed by atoms with Gasteiger partial charge < -0.3 is 4.74 Å². The van der Waals surface area contributed by atoms with Gasteiger partial charge in [-0.2, -0.15) is 0 Å². The Hall–Kier alpha value is -1.77. The second kappa shape index (κ2) is 4.64. The van der Waals surface area contributed by atoms with E-state index in [9.17, 15) is 0 Å². The minimum absolute atomic E-state index is 0.473. The van der Waals surface area contributed by atoms with E-state index >= 15 is 0 Å². The van der Waals surface area contributed by atoms with Crippen LogP contribution in [-0.2, 0) is 6.61 Å². The number of nitrogens with zero attached hydrogens (tertiary/aromatic N) is 1. The molecule has 0 atom stereocenters. The zero-order valence-electron chi connectivity index (χ0n) is 8.26. The highest BCUT2D eigenvalue weighted by Crippen LogP contribution is 2.09. The zero-order valence-corrected chi connectivity index (χ0v) is 8.26. The first-order chi connectivity index (χ1) is 7.34. The van der Waals surface area contributed by atoms with Gasteiger partial charge in [-0.05, 0) is 23.3 Å². The summed E-state index contributed by atoms with van der Waals surface area (Å²) >= 11 is 0. The number of ether oxygens (including phenoxy) is 1. The first-order valence-electron chi connectivity index (χ1n) is 4.73. The Balaban J connectivity index is 1.99. The molecule has 0 aliphatic rings. The van der Waals surface area contributed by atoms with Gasteiger partial charge >= 0.3 is 0 Å². The van der Waals surface area contributed by atoms with Gasteiger partial charge in [0.25, 0.3) is 0 Å². The number of benzene rings is 1.